The van der Waals surface area contributed by atoms with Gasteiger partial charge in [0.1, 0.15) is 11.4 Å². The summed E-state index contributed by atoms with van der Waals surface area (Å²) >= 11 is 0. The first-order valence-corrected chi connectivity index (χ1v) is 7.76. The highest BCUT2D eigenvalue weighted by Crippen LogP contribution is 2.26. The third kappa shape index (κ3) is 2.86. The Morgan fingerprint density at radius 3 is 2.83 bits per heavy atom. The Morgan fingerprint density at radius 2 is 2.09 bits per heavy atom. The van der Waals surface area contributed by atoms with Crippen LogP contribution in [0.15, 0.2) is 24.3 Å². The molecule has 0 aliphatic heterocycles. The van der Waals surface area contributed by atoms with Crippen molar-refractivity contribution < 1.29 is 14.3 Å². The Balaban J connectivity index is 1.78. The molecule has 1 aliphatic rings. The topological polar surface area (TPSA) is 71.2 Å². The van der Waals surface area contributed by atoms with E-state index < -0.39 is 0 Å². The van der Waals surface area contributed by atoms with E-state index in [2.05, 4.69) is 10.3 Å². The Kier molecular flexibility index (Phi) is 4.19. The fraction of sp³-hybridized carbons (Fsp3) is 0.333. The van der Waals surface area contributed by atoms with Gasteiger partial charge in [-0.25, -0.2) is 0 Å². The number of nitrogens with one attached hydrogen (secondary N) is 2. The molecule has 1 aromatic carbocycles. The van der Waals surface area contributed by atoms with Gasteiger partial charge in [0.05, 0.1) is 7.11 Å². The molecule has 2 aromatic rings. The summed E-state index contributed by atoms with van der Waals surface area (Å²) in [5.41, 5.74) is 3.75. The molecule has 1 amide bonds. The molecular weight excluding hydrogens is 292 g/mol. The molecule has 1 aromatic heterocycles. The number of fused-ring (bicyclic) bond motifs is 1. The van der Waals surface area contributed by atoms with E-state index in [0.29, 0.717) is 24.2 Å². The van der Waals surface area contributed by atoms with E-state index >= 15 is 0 Å². The minimum atomic E-state index is -0.199. The van der Waals surface area contributed by atoms with Crippen LogP contribution in [-0.2, 0) is 13.0 Å². The highest BCUT2D eigenvalue weighted by atomic mass is 16.5. The Hall–Kier alpha value is -2.56. The standard InChI is InChI=1S/C18H20N2O3/c1-11-16-13(7-5-8-14(16)21)20-17(11)18(22)19-10-12-6-3-4-9-15(12)23-2/h3-4,6,9,20H,5,7-8,10H2,1-2H3,(H,19,22). The number of para-hydroxylation sites is 1. The minimum absolute atomic E-state index is 0.128. The molecule has 1 aliphatic carbocycles. The second kappa shape index (κ2) is 6.28. The van der Waals surface area contributed by atoms with Gasteiger partial charge in [-0.05, 0) is 31.4 Å². The van der Waals surface area contributed by atoms with Gasteiger partial charge in [0.15, 0.2) is 5.78 Å². The average molecular weight is 312 g/mol. The molecule has 120 valence electrons. The van der Waals surface area contributed by atoms with Crippen molar-refractivity contribution in [3.8, 4) is 5.75 Å². The van der Waals surface area contributed by atoms with Crippen LogP contribution in [0, 0.1) is 6.92 Å². The molecule has 0 atom stereocenters. The molecule has 1 heterocycles. The first-order chi connectivity index (χ1) is 11.1. The molecule has 3 rings (SSSR count). The van der Waals surface area contributed by atoms with E-state index in [1.54, 1.807) is 7.11 Å². The van der Waals surface area contributed by atoms with Crippen molar-refractivity contribution in [1.29, 1.82) is 0 Å². The first-order valence-electron chi connectivity index (χ1n) is 7.76. The van der Waals surface area contributed by atoms with Crippen molar-refractivity contribution in [3.63, 3.8) is 0 Å². The predicted molar refractivity (Wildman–Crippen MR) is 87.0 cm³/mol. The van der Waals surface area contributed by atoms with Crippen LogP contribution in [0.3, 0.4) is 0 Å². The molecule has 5 nitrogen and oxygen atoms in total. The van der Waals surface area contributed by atoms with Crippen molar-refractivity contribution in [2.75, 3.05) is 7.11 Å². The summed E-state index contributed by atoms with van der Waals surface area (Å²) in [7, 11) is 1.61. The van der Waals surface area contributed by atoms with Crippen molar-refractivity contribution in [2.45, 2.75) is 32.7 Å². The smallest absolute Gasteiger partial charge is 0.268 e. The molecule has 0 unspecified atom stereocenters. The third-order valence-electron chi connectivity index (χ3n) is 4.30. The molecule has 0 fully saturated rings. The van der Waals surface area contributed by atoms with Crippen LogP contribution in [-0.4, -0.2) is 23.8 Å². The van der Waals surface area contributed by atoms with Gasteiger partial charge in [-0.1, -0.05) is 18.2 Å². The van der Waals surface area contributed by atoms with Crippen LogP contribution in [0.25, 0.3) is 0 Å². The number of rotatable bonds is 4. The summed E-state index contributed by atoms with van der Waals surface area (Å²) in [5, 5.41) is 2.89. The van der Waals surface area contributed by atoms with Gasteiger partial charge in [0.2, 0.25) is 0 Å². The summed E-state index contributed by atoms with van der Waals surface area (Å²) < 4.78 is 5.28. The summed E-state index contributed by atoms with van der Waals surface area (Å²) in [6, 6.07) is 7.56. The fourth-order valence-corrected chi connectivity index (χ4v) is 3.11. The number of Topliss-reactive ketones (excluding diaryl/α,β-unsaturated/α-hetero) is 1. The lowest BCUT2D eigenvalue weighted by Gasteiger charge is -2.10. The molecular formula is C18H20N2O3. The van der Waals surface area contributed by atoms with E-state index in [4.69, 9.17) is 4.74 Å². The van der Waals surface area contributed by atoms with Crippen LogP contribution >= 0.6 is 0 Å². The number of H-pyrrole nitrogens is 1. The Labute approximate surface area is 135 Å². The first kappa shape index (κ1) is 15.3. The normalized spacial score (nSPS) is 13.6. The van der Waals surface area contributed by atoms with E-state index in [0.717, 1.165) is 35.4 Å². The van der Waals surface area contributed by atoms with E-state index in [1.165, 1.54) is 0 Å². The Morgan fingerprint density at radius 1 is 1.30 bits per heavy atom. The molecule has 0 radical (unpaired) electrons. The van der Waals surface area contributed by atoms with E-state index in [9.17, 15) is 9.59 Å². The van der Waals surface area contributed by atoms with Crippen molar-refractivity contribution in [2.24, 2.45) is 0 Å². The zero-order valence-corrected chi connectivity index (χ0v) is 13.4. The van der Waals surface area contributed by atoms with Gasteiger partial charge in [0.25, 0.3) is 5.91 Å². The lowest BCUT2D eigenvalue weighted by atomic mass is 9.94. The number of aromatic nitrogens is 1. The van der Waals surface area contributed by atoms with Crippen molar-refractivity contribution >= 4 is 11.7 Å². The van der Waals surface area contributed by atoms with Gasteiger partial charge in [-0.2, -0.15) is 0 Å². The maximum absolute atomic E-state index is 12.5. The number of ketones is 1. The molecule has 23 heavy (non-hydrogen) atoms. The van der Waals surface area contributed by atoms with Crippen molar-refractivity contribution in [1.82, 2.24) is 10.3 Å². The number of hydrogen-bond donors (Lipinski definition) is 2. The second-order valence-corrected chi connectivity index (χ2v) is 5.75. The number of ether oxygens (including phenoxy) is 1. The van der Waals surface area contributed by atoms with Crippen LogP contribution in [0.2, 0.25) is 0 Å². The third-order valence-corrected chi connectivity index (χ3v) is 4.30. The number of amides is 1. The number of carbonyl (C=O) groups excluding carboxylic acids is 2. The SMILES string of the molecule is COc1ccccc1CNC(=O)c1[nH]c2c(c1C)C(=O)CCC2. The average Bonchev–Trinajstić information content (AvgIpc) is 2.91. The summed E-state index contributed by atoms with van der Waals surface area (Å²) in [5.74, 6) is 0.671. The predicted octanol–water partition coefficient (Wildman–Crippen LogP) is 2.78. The largest absolute Gasteiger partial charge is 0.496 e. The molecule has 0 saturated carbocycles. The quantitative estimate of drug-likeness (QED) is 0.912. The lowest BCUT2D eigenvalue weighted by molar-refractivity contribution is 0.0944. The number of carbonyl (C=O) groups is 2. The molecule has 2 N–H and O–H groups in total. The van der Waals surface area contributed by atoms with Crippen LogP contribution < -0.4 is 10.1 Å². The molecule has 5 heteroatoms. The zero-order valence-electron chi connectivity index (χ0n) is 13.4. The van der Waals surface area contributed by atoms with Crippen molar-refractivity contribution in [3.05, 3.63) is 52.3 Å². The highest BCUT2D eigenvalue weighted by molar-refractivity contribution is 6.04. The van der Waals surface area contributed by atoms with Gasteiger partial charge >= 0.3 is 0 Å². The van der Waals surface area contributed by atoms with E-state index in [1.807, 2.05) is 31.2 Å². The summed E-state index contributed by atoms with van der Waals surface area (Å²) in [6.45, 7) is 2.20. The van der Waals surface area contributed by atoms with Gasteiger partial charge in [-0.15, -0.1) is 0 Å². The molecule has 0 saturated heterocycles. The zero-order chi connectivity index (χ0) is 16.4. The van der Waals surface area contributed by atoms with Gasteiger partial charge in [0, 0.05) is 29.8 Å². The molecule has 0 spiro atoms. The van der Waals surface area contributed by atoms with Gasteiger partial charge < -0.3 is 15.0 Å². The summed E-state index contributed by atoms with van der Waals surface area (Å²) in [6.07, 6.45) is 2.23. The number of hydrogen-bond acceptors (Lipinski definition) is 3. The fourth-order valence-electron chi connectivity index (χ4n) is 3.11. The van der Waals surface area contributed by atoms with Crippen LogP contribution in [0.1, 0.15) is 50.5 Å². The number of benzene rings is 1. The van der Waals surface area contributed by atoms with E-state index in [-0.39, 0.29) is 11.7 Å². The number of aromatic amines is 1. The maximum Gasteiger partial charge on any atom is 0.268 e. The van der Waals surface area contributed by atoms with Gasteiger partial charge in [-0.3, -0.25) is 9.59 Å². The monoisotopic (exact) mass is 312 g/mol. The number of methoxy groups -OCH3 is 1. The Bertz CT molecular complexity index is 762. The minimum Gasteiger partial charge on any atom is -0.496 e. The van der Waals surface area contributed by atoms with Crippen LogP contribution in [0.5, 0.6) is 5.75 Å². The number of aryl methyl sites for hydroxylation is 1. The highest BCUT2D eigenvalue weighted by Gasteiger charge is 2.26. The maximum atomic E-state index is 12.5. The van der Waals surface area contributed by atoms with Crippen LogP contribution in [0.4, 0.5) is 0 Å². The molecule has 0 bridgehead atoms. The summed E-state index contributed by atoms with van der Waals surface area (Å²) in [4.78, 5) is 27.6. The second-order valence-electron chi connectivity index (χ2n) is 5.75. The lowest BCUT2D eigenvalue weighted by Crippen LogP contribution is -2.24.